The molecular formula is C19H16ClF3N2O2. The molecule has 2 aromatic rings. The van der Waals surface area contributed by atoms with Gasteiger partial charge in [-0.05, 0) is 42.3 Å². The zero-order chi connectivity index (χ0) is 19.6. The minimum absolute atomic E-state index is 0.00292. The predicted molar refractivity (Wildman–Crippen MR) is 95.5 cm³/mol. The summed E-state index contributed by atoms with van der Waals surface area (Å²) in [6.07, 6.45) is -3.27. The van der Waals surface area contributed by atoms with Crippen LogP contribution in [0.4, 0.5) is 18.9 Å². The van der Waals surface area contributed by atoms with Gasteiger partial charge in [0.15, 0.2) is 0 Å². The van der Waals surface area contributed by atoms with E-state index in [1.165, 1.54) is 6.07 Å². The number of carbonyl (C=O) groups is 2. The molecule has 1 aliphatic rings. The number of anilines is 1. The maximum Gasteiger partial charge on any atom is 0.417 e. The van der Waals surface area contributed by atoms with Crippen molar-refractivity contribution in [2.75, 3.05) is 11.9 Å². The van der Waals surface area contributed by atoms with Crippen LogP contribution in [0.25, 0.3) is 0 Å². The van der Waals surface area contributed by atoms with Crippen molar-refractivity contribution in [3.05, 3.63) is 64.2 Å². The van der Waals surface area contributed by atoms with Crippen LogP contribution >= 0.6 is 11.6 Å². The van der Waals surface area contributed by atoms with E-state index in [9.17, 15) is 22.8 Å². The zero-order valence-electron chi connectivity index (χ0n) is 14.1. The van der Waals surface area contributed by atoms with E-state index in [1.54, 1.807) is 29.2 Å². The van der Waals surface area contributed by atoms with Crippen molar-refractivity contribution < 1.29 is 22.8 Å². The predicted octanol–water partition coefficient (Wildman–Crippen LogP) is 4.73. The van der Waals surface area contributed by atoms with Crippen LogP contribution in [0.2, 0.25) is 5.02 Å². The van der Waals surface area contributed by atoms with Crippen LogP contribution in [0, 0.1) is 0 Å². The topological polar surface area (TPSA) is 49.4 Å². The molecule has 0 spiro atoms. The van der Waals surface area contributed by atoms with Gasteiger partial charge in [-0.2, -0.15) is 13.2 Å². The van der Waals surface area contributed by atoms with Gasteiger partial charge in [0.25, 0.3) is 5.91 Å². The molecule has 27 heavy (non-hydrogen) atoms. The number of alkyl halides is 3. The molecule has 0 saturated carbocycles. The summed E-state index contributed by atoms with van der Waals surface area (Å²) in [7, 11) is 0. The molecule has 0 unspecified atom stereocenters. The van der Waals surface area contributed by atoms with Crippen LogP contribution in [0.1, 0.15) is 34.3 Å². The van der Waals surface area contributed by atoms with Crippen molar-refractivity contribution in [3.8, 4) is 0 Å². The lowest BCUT2D eigenvalue weighted by Gasteiger charge is -2.16. The molecule has 142 valence electrons. The summed E-state index contributed by atoms with van der Waals surface area (Å²) in [5, 5.41) is 2.02. The van der Waals surface area contributed by atoms with E-state index >= 15 is 0 Å². The summed E-state index contributed by atoms with van der Waals surface area (Å²) in [5.41, 5.74) is 0.0627. The van der Waals surface area contributed by atoms with Gasteiger partial charge < -0.3 is 10.2 Å². The minimum atomic E-state index is -4.61. The first-order valence-electron chi connectivity index (χ1n) is 8.29. The van der Waals surface area contributed by atoms with Gasteiger partial charge in [0, 0.05) is 30.8 Å². The van der Waals surface area contributed by atoms with E-state index in [0.29, 0.717) is 25.1 Å². The second-order valence-electron chi connectivity index (χ2n) is 6.27. The molecule has 2 amide bonds. The summed E-state index contributed by atoms with van der Waals surface area (Å²) >= 11 is 5.58. The summed E-state index contributed by atoms with van der Waals surface area (Å²) < 4.78 is 38.8. The fraction of sp³-hybridized carbons (Fsp3) is 0.263. The van der Waals surface area contributed by atoms with Crippen LogP contribution in [0.5, 0.6) is 0 Å². The second-order valence-corrected chi connectivity index (χ2v) is 6.67. The maximum absolute atomic E-state index is 12.9. The fourth-order valence-corrected chi connectivity index (χ4v) is 3.15. The number of likely N-dealkylation sites (tertiary alicyclic amines) is 1. The van der Waals surface area contributed by atoms with E-state index in [-0.39, 0.29) is 11.6 Å². The van der Waals surface area contributed by atoms with Gasteiger partial charge in [-0.25, -0.2) is 0 Å². The lowest BCUT2D eigenvalue weighted by molar-refractivity contribution is -0.137. The Morgan fingerprint density at radius 1 is 1.19 bits per heavy atom. The van der Waals surface area contributed by atoms with Gasteiger partial charge in [0.05, 0.1) is 10.6 Å². The third kappa shape index (κ3) is 4.60. The molecular weight excluding hydrogens is 381 g/mol. The second kappa shape index (κ2) is 7.60. The van der Waals surface area contributed by atoms with Crippen molar-refractivity contribution in [2.45, 2.75) is 25.6 Å². The lowest BCUT2D eigenvalue weighted by atomic mass is 10.1. The van der Waals surface area contributed by atoms with Crippen LogP contribution in [0.3, 0.4) is 0 Å². The molecule has 1 aliphatic heterocycles. The quantitative estimate of drug-likeness (QED) is 0.812. The van der Waals surface area contributed by atoms with Crippen molar-refractivity contribution in [2.24, 2.45) is 0 Å². The van der Waals surface area contributed by atoms with Gasteiger partial charge in [0.1, 0.15) is 0 Å². The van der Waals surface area contributed by atoms with Crippen molar-refractivity contribution >= 4 is 29.1 Å². The molecule has 1 fully saturated rings. The molecule has 3 rings (SSSR count). The highest BCUT2D eigenvalue weighted by molar-refractivity contribution is 6.31. The number of hydrogen-bond donors (Lipinski definition) is 1. The van der Waals surface area contributed by atoms with E-state index in [2.05, 4.69) is 5.32 Å². The van der Waals surface area contributed by atoms with Crippen LogP contribution in [0.15, 0.2) is 42.5 Å². The molecule has 4 nitrogen and oxygen atoms in total. The van der Waals surface area contributed by atoms with Gasteiger partial charge >= 0.3 is 6.18 Å². The van der Waals surface area contributed by atoms with Crippen LogP contribution in [-0.4, -0.2) is 23.3 Å². The molecule has 1 N–H and O–H groups in total. The Bertz CT molecular complexity index is 883. The number of carbonyl (C=O) groups excluding carboxylic acids is 2. The summed E-state index contributed by atoms with van der Waals surface area (Å²) in [5.74, 6) is -0.467. The monoisotopic (exact) mass is 396 g/mol. The van der Waals surface area contributed by atoms with Gasteiger partial charge in [-0.15, -0.1) is 0 Å². The van der Waals surface area contributed by atoms with Crippen molar-refractivity contribution in [1.82, 2.24) is 4.90 Å². The largest absolute Gasteiger partial charge is 0.417 e. The van der Waals surface area contributed by atoms with Crippen molar-refractivity contribution in [1.29, 1.82) is 0 Å². The molecule has 0 aliphatic carbocycles. The number of halogens is 4. The Morgan fingerprint density at radius 2 is 1.96 bits per heavy atom. The van der Waals surface area contributed by atoms with E-state index in [0.717, 1.165) is 24.1 Å². The van der Waals surface area contributed by atoms with Gasteiger partial charge in [0.2, 0.25) is 5.91 Å². The lowest BCUT2D eigenvalue weighted by Crippen LogP contribution is -2.24. The number of nitrogens with zero attached hydrogens (tertiary/aromatic N) is 1. The average molecular weight is 397 g/mol. The molecule has 0 bridgehead atoms. The molecule has 0 radical (unpaired) electrons. The maximum atomic E-state index is 12.9. The first kappa shape index (κ1) is 19.2. The highest BCUT2D eigenvalue weighted by atomic mass is 35.5. The van der Waals surface area contributed by atoms with Crippen LogP contribution in [-0.2, 0) is 17.5 Å². The molecule has 2 aromatic carbocycles. The number of benzene rings is 2. The Hall–Kier alpha value is -2.54. The first-order chi connectivity index (χ1) is 12.7. The number of nitrogens with one attached hydrogen (secondary N) is 1. The summed E-state index contributed by atoms with van der Waals surface area (Å²) in [4.78, 5) is 25.8. The minimum Gasteiger partial charge on any atom is -0.338 e. The summed E-state index contributed by atoms with van der Waals surface area (Å²) in [6.45, 7) is 1.08. The standard InChI is InChI=1S/C19H16ClF3N2O2/c20-16-7-6-14(10-15(16)19(21,22)23)24-18(27)13-4-1-3-12(9-13)11-25-8-2-5-17(25)26/h1,3-4,6-7,9-10H,2,5,8,11H2,(H,24,27). The zero-order valence-corrected chi connectivity index (χ0v) is 14.9. The van der Waals surface area contributed by atoms with Gasteiger partial charge in [-0.1, -0.05) is 23.7 Å². The Balaban J connectivity index is 1.75. The van der Waals surface area contributed by atoms with E-state index < -0.39 is 22.7 Å². The number of amides is 2. The smallest absolute Gasteiger partial charge is 0.338 e. The SMILES string of the molecule is O=C(Nc1ccc(Cl)c(C(F)(F)F)c1)c1cccc(CN2CCCC2=O)c1. The summed E-state index contributed by atoms with van der Waals surface area (Å²) in [6, 6.07) is 9.86. The van der Waals surface area contributed by atoms with Gasteiger partial charge in [-0.3, -0.25) is 9.59 Å². The fourth-order valence-electron chi connectivity index (χ4n) is 2.93. The third-order valence-corrected chi connectivity index (χ3v) is 4.59. The third-order valence-electron chi connectivity index (χ3n) is 4.26. The van der Waals surface area contributed by atoms with Crippen LogP contribution < -0.4 is 5.32 Å². The number of rotatable bonds is 4. The van der Waals surface area contributed by atoms with E-state index in [4.69, 9.17) is 11.6 Å². The Labute approximate surface area is 158 Å². The highest BCUT2D eigenvalue weighted by Gasteiger charge is 2.33. The average Bonchev–Trinajstić information content (AvgIpc) is 3.00. The van der Waals surface area contributed by atoms with Crippen molar-refractivity contribution in [3.63, 3.8) is 0 Å². The molecule has 1 saturated heterocycles. The molecule has 0 aromatic heterocycles. The Kier molecular flexibility index (Phi) is 5.41. The molecule has 0 atom stereocenters. The number of hydrogen-bond acceptors (Lipinski definition) is 2. The Morgan fingerprint density at radius 3 is 2.63 bits per heavy atom. The first-order valence-corrected chi connectivity index (χ1v) is 8.66. The molecule has 1 heterocycles. The van der Waals surface area contributed by atoms with E-state index in [1.807, 2.05) is 0 Å². The normalized spacial score (nSPS) is 14.5. The molecule has 8 heteroatoms. The highest BCUT2D eigenvalue weighted by Crippen LogP contribution is 2.36.